The molecule has 54 valence electrons. The van der Waals surface area contributed by atoms with E-state index in [4.69, 9.17) is 16.7 Å². The number of carbonyl (C=O) groups is 1. The molecule has 1 rings (SSSR count). The van der Waals surface area contributed by atoms with Gasteiger partial charge in [0.25, 0.3) is 0 Å². The van der Waals surface area contributed by atoms with Crippen LogP contribution in [0, 0.1) is 0 Å². The van der Waals surface area contributed by atoms with Gasteiger partial charge >= 0.3 is 5.97 Å². The number of hydrogen-bond acceptors (Lipinski definition) is 1. The molecule has 10 heavy (non-hydrogen) atoms. The third kappa shape index (κ3) is 0.998. The summed E-state index contributed by atoms with van der Waals surface area (Å²) in [5, 5.41) is 8.80. The Morgan fingerprint density at radius 3 is 2.60 bits per heavy atom. The van der Waals surface area contributed by atoms with E-state index in [0.717, 1.165) is 0 Å². The average molecular weight is 160 g/mol. The van der Waals surface area contributed by atoms with Gasteiger partial charge in [0.1, 0.15) is 5.69 Å². The number of carboxylic acids is 1. The zero-order valence-electron chi connectivity index (χ0n) is 5.34. The van der Waals surface area contributed by atoms with E-state index >= 15 is 0 Å². The first-order valence-electron chi connectivity index (χ1n) is 2.67. The maximum Gasteiger partial charge on any atom is 0.354 e. The smallest absolute Gasteiger partial charge is 0.354 e. The topological polar surface area (TPSA) is 42.2 Å². The van der Waals surface area contributed by atoms with Gasteiger partial charge in [-0.05, 0) is 6.07 Å². The molecular formula is C6H6ClNO2. The lowest BCUT2D eigenvalue weighted by Crippen LogP contribution is -2.03. The van der Waals surface area contributed by atoms with Gasteiger partial charge in [0, 0.05) is 13.2 Å². The molecule has 0 amide bonds. The number of rotatable bonds is 1. The summed E-state index contributed by atoms with van der Waals surface area (Å²) >= 11 is 5.54. The van der Waals surface area contributed by atoms with Gasteiger partial charge in [-0.25, -0.2) is 4.79 Å². The number of hydrogen-bond donors (Lipinski definition) is 1. The van der Waals surface area contributed by atoms with E-state index in [1.807, 2.05) is 0 Å². The number of aryl methyl sites for hydroxylation is 1. The Morgan fingerprint density at radius 2 is 2.40 bits per heavy atom. The molecule has 3 nitrogen and oxygen atoms in total. The number of aromatic nitrogens is 1. The predicted octanol–water partition coefficient (Wildman–Crippen LogP) is 1.38. The first-order valence-corrected chi connectivity index (χ1v) is 3.05. The second-order valence-electron chi connectivity index (χ2n) is 1.93. The third-order valence-electron chi connectivity index (χ3n) is 1.23. The predicted molar refractivity (Wildman–Crippen MR) is 37.4 cm³/mol. The molecule has 1 heterocycles. The molecule has 0 saturated heterocycles. The quantitative estimate of drug-likeness (QED) is 0.673. The maximum atomic E-state index is 10.4. The van der Waals surface area contributed by atoms with Crippen molar-refractivity contribution in [3.63, 3.8) is 0 Å². The molecule has 0 aliphatic carbocycles. The molecule has 0 unspecified atom stereocenters. The Bertz CT molecular complexity index is 247. The van der Waals surface area contributed by atoms with E-state index in [-0.39, 0.29) is 10.7 Å². The SMILES string of the molecule is Cn1ccc(Cl)c1C(=O)O. The summed E-state index contributed by atoms with van der Waals surface area (Å²) in [7, 11) is 1.63. The van der Waals surface area contributed by atoms with E-state index in [2.05, 4.69) is 0 Å². The number of halogens is 1. The van der Waals surface area contributed by atoms with Crippen molar-refractivity contribution in [3.05, 3.63) is 23.0 Å². The van der Waals surface area contributed by atoms with Gasteiger partial charge in [0.2, 0.25) is 0 Å². The van der Waals surface area contributed by atoms with E-state index in [0.29, 0.717) is 0 Å². The summed E-state index contributed by atoms with van der Waals surface area (Å²) in [6.07, 6.45) is 1.60. The molecule has 0 aromatic carbocycles. The molecule has 0 saturated carbocycles. The molecule has 0 atom stereocenters. The van der Waals surface area contributed by atoms with Gasteiger partial charge < -0.3 is 9.67 Å². The lowest BCUT2D eigenvalue weighted by molar-refractivity contribution is 0.0687. The second-order valence-corrected chi connectivity index (χ2v) is 2.34. The molecule has 0 aliphatic rings. The lowest BCUT2D eigenvalue weighted by atomic mass is 10.4. The van der Waals surface area contributed by atoms with Crippen LogP contribution >= 0.6 is 11.6 Å². The highest BCUT2D eigenvalue weighted by molar-refractivity contribution is 6.33. The fourth-order valence-electron chi connectivity index (χ4n) is 0.752. The van der Waals surface area contributed by atoms with Gasteiger partial charge in [-0.2, -0.15) is 0 Å². The zero-order valence-corrected chi connectivity index (χ0v) is 6.09. The van der Waals surface area contributed by atoms with Crippen molar-refractivity contribution in [3.8, 4) is 0 Å². The highest BCUT2D eigenvalue weighted by Gasteiger charge is 2.11. The van der Waals surface area contributed by atoms with Crippen LogP contribution in [0.4, 0.5) is 0 Å². The summed E-state index contributed by atoms with van der Waals surface area (Å²) < 4.78 is 1.46. The Hall–Kier alpha value is -0.960. The monoisotopic (exact) mass is 159 g/mol. The minimum atomic E-state index is -1.00. The van der Waals surface area contributed by atoms with Crippen LogP contribution < -0.4 is 0 Å². The van der Waals surface area contributed by atoms with Gasteiger partial charge in [-0.1, -0.05) is 11.6 Å². The van der Waals surface area contributed by atoms with Gasteiger partial charge in [-0.15, -0.1) is 0 Å². The van der Waals surface area contributed by atoms with Gasteiger partial charge in [0.05, 0.1) is 5.02 Å². The van der Waals surface area contributed by atoms with E-state index in [9.17, 15) is 4.79 Å². The van der Waals surface area contributed by atoms with Crippen molar-refractivity contribution in [2.75, 3.05) is 0 Å². The standard InChI is InChI=1S/C6H6ClNO2/c1-8-3-2-4(7)5(8)6(9)10/h2-3H,1H3,(H,9,10). The number of aromatic carboxylic acids is 1. The zero-order chi connectivity index (χ0) is 7.72. The Balaban J connectivity index is 3.23. The Labute approximate surface area is 62.8 Å². The van der Waals surface area contributed by atoms with Crippen molar-refractivity contribution in [1.29, 1.82) is 0 Å². The van der Waals surface area contributed by atoms with Crippen molar-refractivity contribution in [2.45, 2.75) is 0 Å². The van der Waals surface area contributed by atoms with E-state index in [1.165, 1.54) is 4.57 Å². The van der Waals surface area contributed by atoms with Crippen LogP contribution in [0.5, 0.6) is 0 Å². The minimum absolute atomic E-state index is 0.127. The molecule has 0 fully saturated rings. The lowest BCUT2D eigenvalue weighted by Gasteiger charge is -1.95. The van der Waals surface area contributed by atoms with Crippen LogP contribution in [0.25, 0.3) is 0 Å². The highest BCUT2D eigenvalue weighted by atomic mass is 35.5. The maximum absolute atomic E-state index is 10.4. The highest BCUT2D eigenvalue weighted by Crippen LogP contribution is 2.15. The molecule has 0 spiro atoms. The summed E-state index contributed by atoms with van der Waals surface area (Å²) in [5.74, 6) is -1.00. The van der Waals surface area contributed by atoms with Crippen LogP contribution in [0.3, 0.4) is 0 Å². The normalized spacial score (nSPS) is 9.80. The fourth-order valence-corrected chi connectivity index (χ4v) is 1.02. The molecule has 1 aromatic heterocycles. The van der Waals surface area contributed by atoms with E-state index in [1.54, 1.807) is 19.3 Å². The van der Waals surface area contributed by atoms with Crippen molar-refractivity contribution >= 4 is 17.6 Å². The second kappa shape index (κ2) is 2.34. The van der Waals surface area contributed by atoms with E-state index < -0.39 is 5.97 Å². The van der Waals surface area contributed by atoms with Crippen LogP contribution in [-0.2, 0) is 7.05 Å². The minimum Gasteiger partial charge on any atom is -0.477 e. The summed E-state index contributed by atoms with van der Waals surface area (Å²) in [6.45, 7) is 0. The Kier molecular flexibility index (Phi) is 1.68. The van der Waals surface area contributed by atoms with Gasteiger partial charge in [0.15, 0.2) is 0 Å². The molecule has 0 bridgehead atoms. The Morgan fingerprint density at radius 1 is 1.80 bits per heavy atom. The fraction of sp³-hybridized carbons (Fsp3) is 0.167. The molecule has 0 radical (unpaired) electrons. The van der Waals surface area contributed by atoms with Crippen LogP contribution in [-0.4, -0.2) is 15.6 Å². The number of carboxylic acid groups (broad SMARTS) is 1. The largest absolute Gasteiger partial charge is 0.477 e. The third-order valence-corrected chi connectivity index (χ3v) is 1.53. The summed E-state index contributed by atoms with van der Waals surface area (Å²) in [6, 6.07) is 1.55. The first-order chi connectivity index (χ1) is 4.63. The average Bonchev–Trinajstić information content (AvgIpc) is 2.11. The number of nitrogens with zero attached hydrogens (tertiary/aromatic N) is 1. The molecule has 0 aliphatic heterocycles. The van der Waals surface area contributed by atoms with Gasteiger partial charge in [-0.3, -0.25) is 0 Å². The van der Waals surface area contributed by atoms with Crippen molar-refractivity contribution in [2.24, 2.45) is 7.05 Å². The van der Waals surface area contributed by atoms with Crippen molar-refractivity contribution < 1.29 is 9.90 Å². The summed E-state index contributed by atoms with van der Waals surface area (Å²) in [4.78, 5) is 10.4. The molecular weight excluding hydrogens is 154 g/mol. The summed E-state index contributed by atoms with van der Waals surface area (Å²) in [5.41, 5.74) is 0.127. The van der Waals surface area contributed by atoms with Crippen molar-refractivity contribution in [1.82, 2.24) is 4.57 Å². The molecule has 1 aromatic rings. The molecule has 1 N–H and O–H groups in total. The van der Waals surface area contributed by atoms with Crippen LogP contribution in [0.2, 0.25) is 5.02 Å². The first kappa shape index (κ1) is 7.15. The van der Waals surface area contributed by atoms with Crippen LogP contribution in [0.1, 0.15) is 10.5 Å². The van der Waals surface area contributed by atoms with Crippen LogP contribution in [0.15, 0.2) is 12.3 Å². The molecule has 4 heteroatoms.